The standard InChI is InChI=1S/C17H20N2O2/c1-12(16-10-15(20)8-9-17(16)21)18-11-13-4-6-14(7-5-13)19(2)3/h4-12,20-21H,1-3H3. The maximum atomic E-state index is 9.81. The monoisotopic (exact) mass is 284 g/mol. The van der Waals surface area contributed by atoms with E-state index in [0.717, 1.165) is 11.3 Å². The molecule has 0 amide bonds. The van der Waals surface area contributed by atoms with Gasteiger partial charge in [0, 0.05) is 31.6 Å². The molecule has 2 aromatic carbocycles. The molecule has 0 aromatic heterocycles. The van der Waals surface area contributed by atoms with Crippen LogP contribution in [0.4, 0.5) is 5.69 Å². The van der Waals surface area contributed by atoms with Crippen LogP contribution in [0.5, 0.6) is 11.5 Å². The van der Waals surface area contributed by atoms with Gasteiger partial charge in [0.2, 0.25) is 0 Å². The van der Waals surface area contributed by atoms with Crippen molar-refractivity contribution in [3.8, 4) is 11.5 Å². The van der Waals surface area contributed by atoms with Crippen LogP contribution in [0.3, 0.4) is 0 Å². The molecule has 0 spiro atoms. The van der Waals surface area contributed by atoms with Crippen LogP contribution < -0.4 is 4.90 Å². The SMILES string of the molecule is CC(N=Cc1ccc(N(C)C)cc1)c1cc(O)ccc1O. The van der Waals surface area contributed by atoms with E-state index in [1.165, 1.54) is 18.2 Å². The summed E-state index contributed by atoms with van der Waals surface area (Å²) in [5.41, 5.74) is 2.73. The van der Waals surface area contributed by atoms with Gasteiger partial charge in [-0.1, -0.05) is 12.1 Å². The van der Waals surface area contributed by atoms with Gasteiger partial charge < -0.3 is 15.1 Å². The quantitative estimate of drug-likeness (QED) is 0.668. The summed E-state index contributed by atoms with van der Waals surface area (Å²) in [5.74, 6) is 0.264. The molecule has 0 radical (unpaired) electrons. The Kier molecular flexibility index (Phi) is 4.48. The van der Waals surface area contributed by atoms with Gasteiger partial charge in [-0.05, 0) is 42.8 Å². The number of phenolic OH excluding ortho intramolecular Hbond substituents is 2. The van der Waals surface area contributed by atoms with E-state index in [1.807, 2.05) is 50.2 Å². The van der Waals surface area contributed by atoms with Gasteiger partial charge in [-0.25, -0.2) is 0 Å². The van der Waals surface area contributed by atoms with Crippen LogP contribution in [0.25, 0.3) is 0 Å². The number of hydrogen-bond acceptors (Lipinski definition) is 4. The average Bonchev–Trinajstić information content (AvgIpc) is 2.47. The van der Waals surface area contributed by atoms with Gasteiger partial charge in [0.15, 0.2) is 0 Å². The Morgan fingerprint density at radius 3 is 2.33 bits per heavy atom. The normalized spacial score (nSPS) is 12.5. The third-order valence-electron chi connectivity index (χ3n) is 3.32. The zero-order chi connectivity index (χ0) is 15.4. The van der Waals surface area contributed by atoms with E-state index >= 15 is 0 Å². The van der Waals surface area contributed by atoms with Gasteiger partial charge in [-0.15, -0.1) is 0 Å². The third-order valence-corrected chi connectivity index (χ3v) is 3.32. The Bertz CT molecular complexity index is 634. The van der Waals surface area contributed by atoms with Gasteiger partial charge >= 0.3 is 0 Å². The minimum Gasteiger partial charge on any atom is -0.508 e. The predicted molar refractivity (Wildman–Crippen MR) is 86.5 cm³/mol. The van der Waals surface area contributed by atoms with Crippen LogP contribution in [0, 0.1) is 0 Å². The predicted octanol–water partition coefficient (Wildman–Crippen LogP) is 3.34. The van der Waals surface area contributed by atoms with Crippen molar-refractivity contribution < 1.29 is 10.2 Å². The third kappa shape index (κ3) is 3.75. The van der Waals surface area contributed by atoms with E-state index in [-0.39, 0.29) is 17.5 Å². The molecule has 0 fully saturated rings. The van der Waals surface area contributed by atoms with Gasteiger partial charge in [0.25, 0.3) is 0 Å². The Hall–Kier alpha value is -2.49. The zero-order valence-electron chi connectivity index (χ0n) is 12.5. The first-order valence-corrected chi connectivity index (χ1v) is 6.80. The molecule has 4 heteroatoms. The van der Waals surface area contributed by atoms with Gasteiger partial charge in [-0.3, -0.25) is 4.99 Å². The van der Waals surface area contributed by atoms with Crippen LogP contribution in [0.2, 0.25) is 0 Å². The molecule has 1 atom stereocenters. The highest BCUT2D eigenvalue weighted by molar-refractivity contribution is 5.80. The number of benzene rings is 2. The zero-order valence-corrected chi connectivity index (χ0v) is 12.5. The van der Waals surface area contributed by atoms with Crippen molar-refractivity contribution in [2.24, 2.45) is 4.99 Å². The lowest BCUT2D eigenvalue weighted by atomic mass is 10.1. The summed E-state index contributed by atoms with van der Waals surface area (Å²) in [6.45, 7) is 1.87. The Balaban J connectivity index is 2.14. The molecule has 21 heavy (non-hydrogen) atoms. The van der Waals surface area contributed by atoms with Crippen LogP contribution in [-0.2, 0) is 0 Å². The molecule has 0 aliphatic heterocycles. The highest BCUT2D eigenvalue weighted by Crippen LogP contribution is 2.29. The molecule has 0 aliphatic rings. The molecule has 110 valence electrons. The molecule has 0 heterocycles. The van der Waals surface area contributed by atoms with Crippen molar-refractivity contribution in [3.63, 3.8) is 0 Å². The molecular formula is C17H20N2O2. The molecule has 4 nitrogen and oxygen atoms in total. The second-order valence-corrected chi connectivity index (χ2v) is 5.18. The number of aliphatic imine (C=N–C) groups is 1. The van der Waals surface area contributed by atoms with Crippen molar-refractivity contribution in [1.82, 2.24) is 0 Å². The van der Waals surface area contributed by atoms with Gasteiger partial charge in [-0.2, -0.15) is 0 Å². The highest BCUT2D eigenvalue weighted by atomic mass is 16.3. The molecule has 2 rings (SSSR count). The van der Waals surface area contributed by atoms with Crippen molar-refractivity contribution in [2.75, 3.05) is 19.0 Å². The molecule has 0 bridgehead atoms. The summed E-state index contributed by atoms with van der Waals surface area (Å²) >= 11 is 0. The lowest BCUT2D eigenvalue weighted by Crippen LogP contribution is -2.08. The number of phenols is 2. The number of aromatic hydroxyl groups is 2. The lowest BCUT2D eigenvalue weighted by Gasteiger charge is -2.12. The van der Waals surface area contributed by atoms with Crippen molar-refractivity contribution in [1.29, 1.82) is 0 Å². The summed E-state index contributed by atoms with van der Waals surface area (Å²) < 4.78 is 0. The van der Waals surface area contributed by atoms with E-state index in [4.69, 9.17) is 0 Å². The Morgan fingerprint density at radius 1 is 1.05 bits per heavy atom. The number of anilines is 1. The van der Waals surface area contributed by atoms with Gasteiger partial charge in [0.1, 0.15) is 11.5 Å². The van der Waals surface area contributed by atoms with E-state index in [9.17, 15) is 10.2 Å². The van der Waals surface area contributed by atoms with E-state index in [2.05, 4.69) is 4.99 Å². The fraction of sp³-hybridized carbons (Fsp3) is 0.235. The smallest absolute Gasteiger partial charge is 0.121 e. The summed E-state index contributed by atoms with van der Waals surface area (Å²) in [6.07, 6.45) is 1.77. The lowest BCUT2D eigenvalue weighted by molar-refractivity contribution is 0.450. The second-order valence-electron chi connectivity index (χ2n) is 5.18. The fourth-order valence-electron chi connectivity index (χ4n) is 2.01. The minimum atomic E-state index is -0.231. The molecular weight excluding hydrogens is 264 g/mol. The van der Waals surface area contributed by atoms with Crippen molar-refractivity contribution >= 4 is 11.9 Å². The summed E-state index contributed by atoms with van der Waals surface area (Å²) in [7, 11) is 3.99. The first-order valence-electron chi connectivity index (χ1n) is 6.80. The first-order chi connectivity index (χ1) is 9.97. The summed E-state index contributed by atoms with van der Waals surface area (Å²) in [5, 5.41) is 19.3. The van der Waals surface area contributed by atoms with Crippen molar-refractivity contribution in [3.05, 3.63) is 53.6 Å². The molecule has 0 saturated carbocycles. The van der Waals surface area contributed by atoms with Crippen LogP contribution >= 0.6 is 0 Å². The molecule has 2 aromatic rings. The second kappa shape index (κ2) is 6.31. The highest BCUT2D eigenvalue weighted by Gasteiger charge is 2.09. The maximum absolute atomic E-state index is 9.81. The molecule has 2 N–H and O–H groups in total. The Labute approximate surface area is 125 Å². The number of rotatable bonds is 4. The fourth-order valence-corrected chi connectivity index (χ4v) is 2.01. The maximum Gasteiger partial charge on any atom is 0.121 e. The average molecular weight is 284 g/mol. The Morgan fingerprint density at radius 2 is 1.71 bits per heavy atom. The molecule has 1 unspecified atom stereocenters. The number of nitrogens with zero attached hydrogens (tertiary/aromatic N) is 2. The van der Waals surface area contributed by atoms with E-state index in [1.54, 1.807) is 6.21 Å². The molecule has 0 saturated heterocycles. The summed E-state index contributed by atoms with van der Waals surface area (Å²) in [6, 6.07) is 12.3. The number of hydrogen-bond donors (Lipinski definition) is 2. The van der Waals surface area contributed by atoms with Crippen LogP contribution in [0.15, 0.2) is 47.5 Å². The molecule has 0 aliphatic carbocycles. The van der Waals surface area contributed by atoms with E-state index in [0.29, 0.717) is 5.56 Å². The van der Waals surface area contributed by atoms with Crippen LogP contribution in [-0.4, -0.2) is 30.5 Å². The first kappa shape index (κ1) is 14.9. The largest absolute Gasteiger partial charge is 0.508 e. The minimum absolute atomic E-state index is 0.125. The summed E-state index contributed by atoms with van der Waals surface area (Å²) in [4.78, 5) is 6.47. The van der Waals surface area contributed by atoms with E-state index < -0.39 is 0 Å². The van der Waals surface area contributed by atoms with Crippen molar-refractivity contribution in [2.45, 2.75) is 13.0 Å². The van der Waals surface area contributed by atoms with Crippen LogP contribution in [0.1, 0.15) is 24.1 Å². The van der Waals surface area contributed by atoms with Gasteiger partial charge in [0.05, 0.1) is 6.04 Å². The topological polar surface area (TPSA) is 56.1 Å².